The maximum absolute atomic E-state index is 6.45. The Morgan fingerprint density at radius 2 is 1.76 bits per heavy atom. The van der Waals surface area contributed by atoms with E-state index in [4.69, 9.17) is 29.0 Å². The third-order valence-electron chi connectivity index (χ3n) is 4.86. The summed E-state index contributed by atoms with van der Waals surface area (Å²) in [6, 6.07) is 5.75. The van der Waals surface area contributed by atoms with Gasteiger partial charge in [-0.15, -0.1) is 0 Å². The molecule has 0 radical (unpaired) electrons. The zero-order valence-electron chi connectivity index (χ0n) is 12.8. The highest BCUT2D eigenvalue weighted by Crippen LogP contribution is 2.43. The summed E-state index contributed by atoms with van der Waals surface area (Å²) in [6.45, 7) is 0. The molecule has 0 spiro atoms. The fourth-order valence-corrected chi connectivity index (χ4v) is 4.03. The van der Waals surface area contributed by atoms with Crippen LogP contribution in [0.1, 0.15) is 50.1 Å². The van der Waals surface area contributed by atoms with E-state index < -0.39 is 0 Å². The lowest BCUT2D eigenvalue weighted by Gasteiger charge is -2.46. The Labute approximate surface area is 137 Å². The van der Waals surface area contributed by atoms with Crippen LogP contribution in [0.25, 0.3) is 0 Å². The first-order chi connectivity index (χ1) is 10.0. The van der Waals surface area contributed by atoms with Gasteiger partial charge in [-0.25, -0.2) is 0 Å². The number of nitrogens with one attached hydrogen (secondary N) is 1. The van der Waals surface area contributed by atoms with Crippen LogP contribution in [0.4, 0.5) is 0 Å². The number of hydrazine groups is 1. The van der Waals surface area contributed by atoms with Crippen molar-refractivity contribution in [3.05, 3.63) is 33.8 Å². The van der Waals surface area contributed by atoms with Gasteiger partial charge in [0.25, 0.3) is 0 Å². The molecule has 1 aliphatic rings. The van der Waals surface area contributed by atoms with Crippen LogP contribution >= 0.6 is 23.2 Å². The normalized spacial score (nSPS) is 20.3. The monoisotopic (exact) mass is 329 g/mol. The molecule has 21 heavy (non-hydrogen) atoms. The summed E-state index contributed by atoms with van der Waals surface area (Å²) in [5.74, 6) is 5.95. The molecule has 0 heterocycles. The van der Waals surface area contributed by atoms with Crippen molar-refractivity contribution < 1.29 is 0 Å². The zero-order valence-corrected chi connectivity index (χ0v) is 14.3. The fraction of sp³-hybridized carbons (Fsp3) is 0.625. The Balaban J connectivity index is 2.47. The maximum atomic E-state index is 6.45. The topological polar surface area (TPSA) is 41.3 Å². The standard InChI is InChI=1S/C16H25Cl2N3/c1-21(2)16(10-5-3-4-6-11-16)15(20-19)12-8-7-9-13(17)14(12)18/h7-9,15,20H,3-6,10-11,19H2,1-2H3. The van der Waals surface area contributed by atoms with Gasteiger partial charge in [0.15, 0.2) is 0 Å². The second-order valence-electron chi connectivity index (χ2n) is 6.15. The van der Waals surface area contributed by atoms with Crippen molar-refractivity contribution in [1.29, 1.82) is 0 Å². The van der Waals surface area contributed by atoms with E-state index in [0.717, 1.165) is 18.4 Å². The summed E-state index contributed by atoms with van der Waals surface area (Å²) in [5, 5.41) is 1.18. The molecule has 1 aromatic carbocycles. The van der Waals surface area contributed by atoms with Crippen LogP contribution < -0.4 is 11.3 Å². The maximum Gasteiger partial charge on any atom is 0.0658 e. The Hall–Kier alpha value is -0.320. The van der Waals surface area contributed by atoms with Crippen LogP contribution in [0.3, 0.4) is 0 Å². The first-order valence-corrected chi connectivity index (χ1v) is 8.36. The molecule has 0 bridgehead atoms. The van der Waals surface area contributed by atoms with E-state index in [2.05, 4.69) is 24.4 Å². The van der Waals surface area contributed by atoms with Crippen molar-refractivity contribution in [3.63, 3.8) is 0 Å². The van der Waals surface area contributed by atoms with Crippen molar-refractivity contribution in [2.45, 2.75) is 50.1 Å². The molecule has 3 nitrogen and oxygen atoms in total. The minimum absolute atomic E-state index is 0.0282. The molecule has 0 aromatic heterocycles. The molecule has 118 valence electrons. The highest BCUT2D eigenvalue weighted by Gasteiger charge is 2.42. The molecule has 0 aliphatic heterocycles. The van der Waals surface area contributed by atoms with Gasteiger partial charge in [0, 0.05) is 5.54 Å². The largest absolute Gasteiger partial charge is 0.302 e. The average molecular weight is 330 g/mol. The van der Waals surface area contributed by atoms with Crippen molar-refractivity contribution in [3.8, 4) is 0 Å². The number of nitrogens with zero attached hydrogens (tertiary/aromatic N) is 1. The van der Waals surface area contributed by atoms with E-state index in [1.54, 1.807) is 0 Å². The van der Waals surface area contributed by atoms with Gasteiger partial charge in [0.2, 0.25) is 0 Å². The Morgan fingerprint density at radius 3 is 2.29 bits per heavy atom. The van der Waals surface area contributed by atoms with Gasteiger partial charge >= 0.3 is 0 Å². The van der Waals surface area contributed by atoms with Gasteiger partial charge in [-0.05, 0) is 38.6 Å². The number of benzene rings is 1. The zero-order chi connectivity index (χ0) is 15.5. The smallest absolute Gasteiger partial charge is 0.0658 e. The van der Waals surface area contributed by atoms with Gasteiger partial charge in [-0.2, -0.15) is 0 Å². The minimum Gasteiger partial charge on any atom is -0.302 e. The lowest BCUT2D eigenvalue weighted by atomic mass is 9.78. The second-order valence-corrected chi connectivity index (χ2v) is 6.94. The van der Waals surface area contributed by atoms with Crippen LogP contribution in [0, 0.1) is 0 Å². The molecule has 1 atom stereocenters. The van der Waals surface area contributed by atoms with Gasteiger partial charge in [-0.3, -0.25) is 11.3 Å². The van der Waals surface area contributed by atoms with E-state index in [-0.39, 0.29) is 11.6 Å². The van der Waals surface area contributed by atoms with E-state index in [1.807, 2.05) is 18.2 Å². The van der Waals surface area contributed by atoms with E-state index >= 15 is 0 Å². The van der Waals surface area contributed by atoms with Crippen LogP contribution in [-0.2, 0) is 0 Å². The molecule has 5 heteroatoms. The number of hydrogen-bond acceptors (Lipinski definition) is 3. The van der Waals surface area contributed by atoms with E-state index in [9.17, 15) is 0 Å². The minimum atomic E-state index is -0.0307. The number of hydrogen-bond donors (Lipinski definition) is 2. The number of nitrogens with two attached hydrogens (primary N) is 1. The van der Waals surface area contributed by atoms with Gasteiger partial charge in [0.05, 0.1) is 16.1 Å². The summed E-state index contributed by atoms with van der Waals surface area (Å²) in [6.07, 6.45) is 7.23. The first kappa shape index (κ1) is 17.0. The summed E-state index contributed by atoms with van der Waals surface area (Å²) in [7, 11) is 4.27. The van der Waals surface area contributed by atoms with Gasteiger partial charge in [-0.1, -0.05) is 61.0 Å². The van der Waals surface area contributed by atoms with Crippen LogP contribution in [0.5, 0.6) is 0 Å². The predicted octanol–water partition coefficient (Wildman–Crippen LogP) is 4.15. The van der Waals surface area contributed by atoms with Gasteiger partial charge < -0.3 is 4.90 Å². The molecule has 1 unspecified atom stereocenters. The van der Waals surface area contributed by atoms with E-state index in [1.165, 1.54) is 25.7 Å². The quantitative estimate of drug-likeness (QED) is 0.495. The number of rotatable bonds is 4. The van der Waals surface area contributed by atoms with Crippen molar-refractivity contribution in [1.82, 2.24) is 10.3 Å². The Bertz CT molecular complexity index is 469. The fourth-order valence-electron chi connectivity index (χ4n) is 3.61. The third kappa shape index (κ3) is 3.38. The van der Waals surface area contributed by atoms with Crippen LogP contribution in [0.2, 0.25) is 10.0 Å². The molecule has 1 aliphatic carbocycles. The molecule has 1 saturated carbocycles. The second kappa shape index (κ2) is 7.30. The summed E-state index contributed by atoms with van der Waals surface area (Å²) >= 11 is 12.6. The van der Waals surface area contributed by atoms with Crippen molar-refractivity contribution >= 4 is 23.2 Å². The predicted molar refractivity (Wildman–Crippen MR) is 90.6 cm³/mol. The summed E-state index contributed by atoms with van der Waals surface area (Å²) < 4.78 is 0. The average Bonchev–Trinajstić information content (AvgIpc) is 2.71. The lowest BCUT2D eigenvalue weighted by molar-refractivity contribution is 0.0800. The molecular weight excluding hydrogens is 305 g/mol. The summed E-state index contributed by atoms with van der Waals surface area (Å²) in [4.78, 5) is 2.31. The first-order valence-electron chi connectivity index (χ1n) is 7.60. The number of halogens is 2. The van der Waals surface area contributed by atoms with E-state index in [0.29, 0.717) is 10.0 Å². The lowest BCUT2D eigenvalue weighted by Crippen LogP contribution is -2.55. The molecule has 2 rings (SSSR count). The van der Waals surface area contributed by atoms with Gasteiger partial charge in [0.1, 0.15) is 0 Å². The molecular formula is C16H25Cl2N3. The van der Waals surface area contributed by atoms with Crippen LogP contribution in [-0.4, -0.2) is 24.5 Å². The molecule has 0 saturated heterocycles. The molecule has 3 N–H and O–H groups in total. The van der Waals surface area contributed by atoms with Crippen LogP contribution in [0.15, 0.2) is 18.2 Å². The number of likely N-dealkylation sites (N-methyl/N-ethyl adjacent to an activating group) is 1. The molecule has 1 aromatic rings. The highest BCUT2D eigenvalue weighted by atomic mass is 35.5. The Kier molecular flexibility index (Phi) is 5.92. The molecule has 1 fully saturated rings. The molecule has 0 amide bonds. The Morgan fingerprint density at radius 1 is 1.14 bits per heavy atom. The van der Waals surface area contributed by atoms with Crippen molar-refractivity contribution in [2.75, 3.05) is 14.1 Å². The third-order valence-corrected chi connectivity index (χ3v) is 5.69. The summed E-state index contributed by atoms with van der Waals surface area (Å²) in [5.41, 5.74) is 3.98. The van der Waals surface area contributed by atoms with Crippen molar-refractivity contribution in [2.24, 2.45) is 5.84 Å². The SMILES string of the molecule is CN(C)C1(C(NN)c2cccc(Cl)c2Cl)CCCCCC1. The highest BCUT2D eigenvalue weighted by molar-refractivity contribution is 6.42.